The zero-order valence-corrected chi connectivity index (χ0v) is 5.80. The molecule has 0 spiro atoms. The molecule has 0 unspecified atom stereocenters. The molecule has 0 aromatic heterocycles. The Morgan fingerprint density at radius 1 is 1.50 bits per heavy atom. The van der Waals surface area contributed by atoms with Crippen LogP contribution < -0.4 is 0 Å². The predicted molar refractivity (Wildman–Crippen MR) is 38.4 cm³/mol. The summed E-state index contributed by atoms with van der Waals surface area (Å²) < 4.78 is 0.410. The fourth-order valence-electron chi connectivity index (χ4n) is 0.436. The van der Waals surface area contributed by atoms with Crippen molar-refractivity contribution in [2.24, 2.45) is 0 Å². The SMILES string of the molecule is O=[C]CC1SC=CS1. The highest BCUT2D eigenvalue weighted by Gasteiger charge is 2.09. The van der Waals surface area contributed by atoms with Crippen LogP contribution in [0.4, 0.5) is 0 Å². The maximum absolute atomic E-state index is 9.78. The Morgan fingerprint density at radius 2 is 2.12 bits per heavy atom. The van der Waals surface area contributed by atoms with Crippen LogP contribution in [0.15, 0.2) is 10.8 Å². The summed E-state index contributed by atoms with van der Waals surface area (Å²) >= 11 is 3.37. The fourth-order valence-corrected chi connectivity index (χ4v) is 2.27. The second-order valence-electron chi connectivity index (χ2n) is 1.32. The van der Waals surface area contributed by atoms with Crippen LogP contribution in [-0.4, -0.2) is 10.9 Å². The Morgan fingerprint density at radius 3 is 2.62 bits per heavy atom. The molecule has 0 saturated heterocycles. The molecule has 1 heterocycles. The maximum Gasteiger partial charge on any atom is 0.200 e. The first-order valence-electron chi connectivity index (χ1n) is 2.24. The number of hydrogen-bond acceptors (Lipinski definition) is 3. The molecule has 3 heteroatoms. The minimum Gasteiger partial charge on any atom is -0.291 e. The molecule has 0 aromatic carbocycles. The second-order valence-corrected chi connectivity index (χ2v) is 3.85. The molecule has 0 amide bonds. The van der Waals surface area contributed by atoms with Gasteiger partial charge in [-0.3, -0.25) is 4.79 Å². The summed E-state index contributed by atoms with van der Waals surface area (Å²) in [5.74, 6) is 0. The molecule has 0 atom stereocenters. The normalized spacial score (nSPS) is 19.5. The van der Waals surface area contributed by atoms with Crippen molar-refractivity contribution in [1.29, 1.82) is 0 Å². The first-order chi connectivity index (χ1) is 3.93. The second kappa shape index (κ2) is 3.20. The molecule has 43 valence electrons. The van der Waals surface area contributed by atoms with Crippen molar-refractivity contribution < 1.29 is 4.79 Å². The smallest absolute Gasteiger partial charge is 0.200 e. The minimum absolute atomic E-state index is 0.410. The van der Waals surface area contributed by atoms with Crippen molar-refractivity contribution in [3.05, 3.63) is 10.8 Å². The lowest BCUT2D eigenvalue weighted by Crippen LogP contribution is -1.90. The molecule has 1 radical (unpaired) electrons. The standard InChI is InChI=1S/C5H5OS2/c6-2-1-5-7-3-4-8-5/h3-5H,1H2. The number of carbonyl (C=O) groups excluding carboxylic acids is 1. The Hall–Kier alpha value is 0.110. The number of hydrogen-bond donors (Lipinski definition) is 0. The maximum atomic E-state index is 9.78. The van der Waals surface area contributed by atoms with E-state index in [-0.39, 0.29) is 0 Å². The molecular weight excluding hydrogens is 140 g/mol. The van der Waals surface area contributed by atoms with Crippen molar-refractivity contribution in [2.75, 3.05) is 0 Å². The molecule has 1 aliphatic rings. The molecule has 0 aliphatic carbocycles. The highest BCUT2D eigenvalue weighted by atomic mass is 32.2. The van der Waals surface area contributed by atoms with Crippen molar-refractivity contribution in [2.45, 2.75) is 11.0 Å². The molecule has 0 aromatic rings. The largest absolute Gasteiger partial charge is 0.291 e. The fraction of sp³-hybridized carbons (Fsp3) is 0.400. The lowest BCUT2D eigenvalue weighted by atomic mass is 10.5. The molecule has 0 N–H and O–H groups in total. The van der Waals surface area contributed by atoms with E-state index >= 15 is 0 Å². The van der Waals surface area contributed by atoms with Crippen LogP contribution in [0.5, 0.6) is 0 Å². The van der Waals surface area contributed by atoms with Crippen LogP contribution in [0.3, 0.4) is 0 Å². The zero-order chi connectivity index (χ0) is 5.82. The topological polar surface area (TPSA) is 17.1 Å². The van der Waals surface area contributed by atoms with Crippen molar-refractivity contribution >= 4 is 29.8 Å². The van der Waals surface area contributed by atoms with Crippen LogP contribution in [0.2, 0.25) is 0 Å². The third-order valence-electron chi connectivity index (χ3n) is 0.766. The van der Waals surface area contributed by atoms with Gasteiger partial charge in [0.1, 0.15) is 0 Å². The number of rotatable bonds is 2. The molecule has 0 saturated carbocycles. The Labute approximate surface area is 56.9 Å². The monoisotopic (exact) mass is 145 g/mol. The van der Waals surface area contributed by atoms with Gasteiger partial charge in [0.2, 0.25) is 0 Å². The summed E-state index contributed by atoms with van der Waals surface area (Å²) in [6, 6.07) is 0. The van der Waals surface area contributed by atoms with Gasteiger partial charge in [0.25, 0.3) is 0 Å². The zero-order valence-electron chi connectivity index (χ0n) is 4.16. The summed E-state index contributed by atoms with van der Waals surface area (Å²) in [6.07, 6.45) is 2.42. The molecule has 0 fully saturated rings. The van der Waals surface area contributed by atoms with Crippen LogP contribution >= 0.6 is 23.5 Å². The quantitative estimate of drug-likeness (QED) is 0.589. The lowest BCUT2D eigenvalue weighted by molar-refractivity contribution is 0.553. The Kier molecular flexibility index (Phi) is 2.49. The van der Waals surface area contributed by atoms with Gasteiger partial charge in [-0.1, -0.05) is 0 Å². The Balaban J connectivity index is 2.19. The third kappa shape index (κ3) is 1.56. The van der Waals surface area contributed by atoms with Crippen molar-refractivity contribution in [3.63, 3.8) is 0 Å². The van der Waals surface area contributed by atoms with E-state index in [1.807, 2.05) is 17.1 Å². The summed E-state index contributed by atoms with van der Waals surface area (Å²) in [7, 11) is 0. The van der Waals surface area contributed by atoms with Gasteiger partial charge in [0.05, 0.1) is 4.58 Å². The van der Waals surface area contributed by atoms with Gasteiger partial charge in [-0.15, -0.1) is 23.5 Å². The highest BCUT2D eigenvalue weighted by molar-refractivity contribution is 8.22. The van der Waals surface area contributed by atoms with Gasteiger partial charge >= 0.3 is 0 Å². The van der Waals surface area contributed by atoms with Crippen molar-refractivity contribution in [3.8, 4) is 0 Å². The van der Waals surface area contributed by atoms with Gasteiger partial charge < -0.3 is 0 Å². The molecular formula is C5H5OS2. The summed E-state index contributed by atoms with van der Waals surface area (Å²) in [4.78, 5) is 9.78. The molecule has 1 rings (SSSR count). The first-order valence-corrected chi connectivity index (χ1v) is 4.13. The molecule has 1 nitrogen and oxygen atoms in total. The van der Waals surface area contributed by atoms with Gasteiger partial charge in [-0.2, -0.15) is 0 Å². The number of thioether (sulfide) groups is 2. The van der Waals surface area contributed by atoms with Gasteiger partial charge in [-0.05, 0) is 10.8 Å². The van der Waals surface area contributed by atoms with E-state index in [0.29, 0.717) is 11.0 Å². The summed E-state index contributed by atoms with van der Waals surface area (Å²) in [5, 5.41) is 4.01. The summed E-state index contributed by atoms with van der Waals surface area (Å²) in [6.45, 7) is 0. The van der Waals surface area contributed by atoms with Gasteiger partial charge in [0, 0.05) is 6.42 Å². The van der Waals surface area contributed by atoms with E-state index in [2.05, 4.69) is 0 Å². The van der Waals surface area contributed by atoms with Crippen molar-refractivity contribution in [1.82, 2.24) is 0 Å². The lowest BCUT2D eigenvalue weighted by Gasteiger charge is -1.97. The predicted octanol–water partition coefficient (Wildman–Crippen LogP) is 1.76. The molecule has 8 heavy (non-hydrogen) atoms. The average Bonchev–Trinajstić information content (AvgIpc) is 2.19. The highest BCUT2D eigenvalue weighted by Crippen LogP contribution is 2.34. The van der Waals surface area contributed by atoms with Crippen LogP contribution in [0, 0.1) is 0 Å². The van der Waals surface area contributed by atoms with E-state index in [1.54, 1.807) is 23.5 Å². The molecule has 1 aliphatic heterocycles. The van der Waals surface area contributed by atoms with Crippen LogP contribution in [0.25, 0.3) is 0 Å². The van der Waals surface area contributed by atoms with E-state index in [4.69, 9.17) is 0 Å². The van der Waals surface area contributed by atoms with Gasteiger partial charge in [-0.25, -0.2) is 0 Å². The Bertz CT molecular complexity index is 103. The van der Waals surface area contributed by atoms with E-state index in [0.717, 1.165) is 0 Å². The first kappa shape index (κ1) is 6.23. The third-order valence-corrected chi connectivity index (χ3v) is 3.13. The average molecular weight is 145 g/mol. The van der Waals surface area contributed by atoms with Crippen LogP contribution in [0.1, 0.15) is 6.42 Å². The van der Waals surface area contributed by atoms with E-state index < -0.39 is 0 Å². The van der Waals surface area contributed by atoms with Gasteiger partial charge in [0.15, 0.2) is 6.29 Å². The summed E-state index contributed by atoms with van der Waals surface area (Å²) in [5.41, 5.74) is 0. The van der Waals surface area contributed by atoms with E-state index in [1.165, 1.54) is 0 Å². The minimum atomic E-state index is 0.410. The molecule has 0 bridgehead atoms. The van der Waals surface area contributed by atoms with E-state index in [9.17, 15) is 4.79 Å². The van der Waals surface area contributed by atoms with Crippen LogP contribution in [-0.2, 0) is 4.79 Å².